The highest BCUT2D eigenvalue weighted by atomic mass is 16.5. The molecule has 0 saturated carbocycles. The fraction of sp³-hybridized carbons (Fsp3) is 0.529. The van der Waals surface area contributed by atoms with E-state index < -0.39 is 0 Å². The predicted octanol–water partition coefficient (Wildman–Crippen LogP) is 4.17. The van der Waals surface area contributed by atoms with Crippen molar-refractivity contribution >= 4 is 0 Å². The lowest BCUT2D eigenvalue weighted by Gasteiger charge is -2.09. The van der Waals surface area contributed by atoms with Crippen LogP contribution in [-0.2, 0) is 6.54 Å². The van der Waals surface area contributed by atoms with E-state index in [1.54, 1.807) is 0 Å². The molecule has 0 saturated heterocycles. The topological polar surface area (TPSA) is 21.3 Å². The molecule has 1 rings (SSSR count). The van der Waals surface area contributed by atoms with Crippen LogP contribution in [0.3, 0.4) is 0 Å². The molecule has 0 fully saturated rings. The zero-order chi connectivity index (χ0) is 13.9. The maximum atomic E-state index is 5.70. The summed E-state index contributed by atoms with van der Waals surface area (Å²) in [6.45, 7) is 9.23. The molecule has 0 aliphatic carbocycles. The molecule has 0 aliphatic heterocycles. The van der Waals surface area contributed by atoms with Crippen molar-refractivity contribution in [2.75, 3.05) is 13.2 Å². The van der Waals surface area contributed by atoms with Crippen molar-refractivity contribution < 1.29 is 4.74 Å². The van der Waals surface area contributed by atoms with E-state index in [9.17, 15) is 0 Å². The van der Waals surface area contributed by atoms with Gasteiger partial charge in [-0.05, 0) is 49.9 Å². The maximum absolute atomic E-state index is 5.70. The van der Waals surface area contributed by atoms with Crippen LogP contribution in [-0.4, -0.2) is 13.2 Å². The van der Waals surface area contributed by atoms with Crippen LogP contribution in [0.1, 0.15) is 39.2 Å². The van der Waals surface area contributed by atoms with Crippen LogP contribution in [0.2, 0.25) is 0 Å². The number of hydrogen-bond donors (Lipinski definition) is 1. The van der Waals surface area contributed by atoms with Crippen LogP contribution >= 0.6 is 0 Å². The number of benzene rings is 1. The quantitative estimate of drug-likeness (QED) is 0.532. The van der Waals surface area contributed by atoms with Gasteiger partial charge in [0, 0.05) is 6.54 Å². The third-order valence-corrected chi connectivity index (χ3v) is 2.94. The largest absolute Gasteiger partial charge is 0.494 e. The monoisotopic (exact) mass is 261 g/mol. The molecule has 2 heteroatoms. The lowest BCUT2D eigenvalue weighted by atomic mass is 10.1. The molecule has 0 radical (unpaired) electrons. The third-order valence-electron chi connectivity index (χ3n) is 2.94. The second-order valence-corrected chi connectivity index (χ2v) is 5.21. The van der Waals surface area contributed by atoms with Crippen molar-refractivity contribution in [3.8, 4) is 5.75 Å². The lowest BCUT2D eigenvalue weighted by Crippen LogP contribution is -2.13. The van der Waals surface area contributed by atoms with E-state index in [4.69, 9.17) is 4.74 Å². The lowest BCUT2D eigenvalue weighted by molar-refractivity contribution is 0.289. The van der Waals surface area contributed by atoms with Gasteiger partial charge < -0.3 is 10.1 Å². The van der Waals surface area contributed by atoms with Gasteiger partial charge in [0.2, 0.25) is 0 Å². The van der Waals surface area contributed by atoms with Gasteiger partial charge in [0.1, 0.15) is 5.75 Å². The second-order valence-electron chi connectivity index (χ2n) is 5.21. The number of allylic oxidation sites excluding steroid dienone is 1. The summed E-state index contributed by atoms with van der Waals surface area (Å²) in [4.78, 5) is 0. The van der Waals surface area contributed by atoms with Gasteiger partial charge in [-0.2, -0.15) is 0 Å². The van der Waals surface area contributed by atoms with E-state index in [1.165, 1.54) is 5.56 Å². The Balaban J connectivity index is 2.23. The van der Waals surface area contributed by atoms with E-state index in [0.29, 0.717) is 5.92 Å². The summed E-state index contributed by atoms with van der Waals surface area (Å²) in [5.74, 6) is 1.67. The number of hydrogen-bond acceptors (Lipinski definition) is 2. The Morgan fingerprint density at radius 1 is 1.21 bits per heavy atom. The summed E-state index contributed by atoms with van der Waals surface area (Å²) in [6, 6.07) is 8.38. The molecule has 0 aliphatic rings. The zero-order valence-corrected chi connectivity index (χ0v) is 12.5. The minimum Gasteiger partial charge on any atom is -0.494 e. The first-order chi connectivity index (χ1) is 9.22. The number of ether oxygens (including phenoxy) is 1. The molecule has 0 spiro atoms. The van der Waals surface area contributed by atoms with Crippen molar-refractivity contribution in [1.82, 2.24) is 5.32 Å². The Hall–Kier alpha value is -1.28. The first-order valence-electron chi connectivity index (χ1n) is 7.26. The highest BCUT2D eigenvalue weighted by Gasteiger charge is 1.97. The van der Waals surface area contributed by atoms with E-state index in [0.717, 1.165) is 38.3 Å². The smallest absolute Gasteiger partial charge is 0.119 e. The Bertz CT molecular complexity index is 354. The molecule has 1 aromatic rings. The maximum Gasteiger partial charge on any atom is 0.119 e. The Morgan fingerprint density at radius 3 is 2.58 bits per heavy atom. The summed E-state index contributed by atoms with van der Waals surface area (Å²) >= 11 is 0. The van der Waals surface area contributed by atoms with Crippen LogP contribution in [0.15, 0.2) is 36.4 Å². The minimum atomic E-state index is 0.695. The van der Waals surface area contributed by atoms with Gasteiger partial charge in [-0.3, -0.25) is 0 Å². The molecule has 0 heterocycles. The predicted molar refractivity (Wildman–Crippen MR) is 82.5 cm³/mol. The van der Waals surface area contributed by atoms with Crippen LogP contribution in [0.5, 0.6) is 5.75 Å². The Labute approximate surface area is 117 Å². The van der Waals surface area contributed by atoms with Gasteiger partial charge in [-0.25, -0.2) is 0 Å². The van der Waals surface area contributed by atoms with Crippen molar-refractivity contribution in [1.29, 1.82) is 0 Å². The normalized spacial score (nSPS) is 11.4. The van der Waals surface area contributed by atoms with Crippen molar-refractivity contribution in [2.45, 2.75) is 40.2 Å². The number of nitrogens with one attached hydrogen (secondary N) is 1. The van der Waals surface area contributed by atoms with E-state index in [1.807, 2.05) is 0 Å². The fourth-order valence-electron chi connectivity index (χ4n) is 1.70. The van der Waals surface area contributed by atoms with Crippen LogP contribution in [0.25, 0.3) is 0 Å². The van der Waals surface area contributed by atoms with E-state index in [-0.39, 0.29) is 0 Å². The van der Waals surface area contributed by atoms with Gasteiger partial charge in [-0.1, -0.05) is 38.1 Å². The van der Waals surface area contributed by atoms with Crippen LogP contribution in [0.4, 0.5) is 0 Å². The summed E-state index contributed by atoms with van der Waals surface area (Å²) < 4.78 is 5.70. The molecule has 1 aromatic carbocycles. The SMILES string of the molecule is C/C=C/CCNCc1ccc(OCCC(C)C)cc1. The second kappa shape index (κ2) is 9.62. The van der Waals surface area contributed by atoms with Crippen molar-refractivity contribution in [3.05, 3.63) is 42.0 Å². The third kappa shape index (κ3) is 7.68. The molecule has 106 valence electrons. The fourth-order valence-corrected chi connectivity index (χ4v) is 1.70. The molecule has 19 heavy (non-hydrogen) atoms. The molecular formula is C17H27NO. The van der Waals surface area contributed by atoms with Crippen LogP contribution < -0.4 is 10.1 Å². The average molecular weight is 261 g/mol. The van der Waals surface area contributed by atoms with Gasteiger partial charge in [0.25, 0.3) is 0 Å². The van der Waals surface area contributed by atoms with Gasteiger partial charge in [-0.15, -0.1) is 0 Å². The van der Waals surface area contributed by atoms with Crippen LogP contribution in [0, 0.1) is 5.92 Å². The molecular weight excluding hydrogens is 234 g/mol. The molecule has 2 nitrogen and oxygen atoms in total. The standard InChI is InChI=1S/C17H27NO/c1-4-5-6-12-18-14-16-7-9-17(10-8-16)19-13-11-15(2)3/h4-5,7-10,15,18H,6,11-14H2,1-3H3/b5-4+. The highest BCUT2D eigenvalue weighted by Crippen LogP contribution is 2.13. The Kier molecular flexibility index (Phi) is 7.99. The minimum absolute atomic E-state index is 0.695. The summed E-state index contributed by atoms with van der Waals surface area (Å²) in [6.07, 6.45) is 6.46. The molecule has 1 N–H and O–H groups in total. The molecule has 0 bridgehead atoms. The van der Waals surface area contributed by atoms with Crippen molar-refractivity contribution in [3.63, 3.8) is 0 Å². The van der Waals surface area contributed by atoms with Crippen molar-refractivity contribution in [2.24, 2.45) is 5.92 Å². The first kappa shape index (κ1) is 15.8. The Morgan fingerprint density at radius 2 is 1.95 bits per heavy atom. The summed E-state index contributed by atoms with van der Waals surface area (Å²) in [7, 11) is 0. The first-order valence-corrected chi connectivity index (χ1v) is 7.26. The van der Waals surface area contributed by atoms with Gasteiger partial charge >= 0.3 is 0 Å². The molecule has 0 aromatic heterocycles. The van der Waals surface area contributed by atoms with Gasteiger partial charge in [0.15, 0.2) is 0 Å². The van der Waals surface area contributed by atoms with Gasteiger partial charge in [0.05, 0.1) is 6.61 Å². The summed E-state index contributed by atoms with van der Waals surface area (Å²) in [5, 5.41) is 3.42. The number of rotatable bonds is 9. The average Bonchev–Trinajstić information content (AvgIpc) is 2.40. The summed E-state index contributed by atoms with van der Waals surface area (Å²) in [5.41, 5.74) is 1.30. The molecule has 0 atom stereocenters. The molecule has 0 unspecified atom stereocenters. The molecule has 0 amide bonds. The highest BCUT2D eigenvalue weighted by molar-refractivity contribution is 5.27. The van der Waals surface area contributed by atoms with E-state index in [2.05, 4.69) is 62.5 Å². The van der Waals surface area contributed by atoms with E-state index >= 15 is 0 Å². The zero-order valence-electron chi connectivity index (χ0n) is 12.5.